The predicted octanol–water partition coefficient (Wildman–Crippen LogP) is 1.28. The minimum Gasteiger partial charge on any atom is -0.272 e. The van der Waals surface area contributed by atoms with Gasteiger partial charge in [-0.05, 0) is 17.9 Å². The number of carbonyl (C=O) groups excluding carboxylic acids is 1. The molecule has 1 amide bonds. The molecule has 1 saturated heterocycles. The highest BCUT2D eigenvalue weighted by Crippen LogP contribution is 2.23. The summed E-state index contributed by atoms with van der Waals surface area (Å²) >= 11 is 0. The molecule has 0 saturated carbocycles. The lowest BCUT2D eigenvalue weighted by atomic mass is 10.0. The van der Waals surface area contributed by atoms with Crippen molar-refractivity contribution in [1.82, 2.24) is 9.03 Å². The Hall–Kier alpha value is -1.40. The van der Waals surface area contributed by atoms with Crippen molar-refractivity contribution in [2.24, 2.45) is 5.92 Å². The van der Waals surface area contributed by atoms with E-state index < -0.39 is 22.2 Å². The maximum atomic E-state index is 12.0. The van der Waals surface area contributed by atoms with Crippen LogP contribution in [0, 0.1) is 5.92 Å². The van der Waals surface area contributed by atoms with Crippen molar-refractivity contribution in [1.29, 1.82) is 0 Å². The third kappa shape index (κ3) is 3.13. The number of benzene rings is 1. The van der Waals surface area contributed by atoms with Crippen molar-refractivity contribution in [2.75, 3.05) is 0 Å². The van der Waals surface area contributed by atoms with Gasteiger partial charge in [-0.15, -0.1) is 0 Å². The highest BCUT2D eigenvalue weighted by atomic mass is 32.2. The lowest BCUT2D eigenvalue weighted by Crippen LogP contribution is -2.36. The van der Waals surface area contributed by atoms with Gasteiger partial charge in [-0.3, -0.25) is 4.79 Å². The van der Waals surface area contributed by atoms with Gasteiger partial charge in [-0.2, -0.15) is 12.7 Å². The first-order valence-corrected chi connectivity index (χ1v) is 7.71. The monoisotopic (exact) mass is 282 g/mol. The van der Waals surface area contributed by atoms with Gasteiger partial charge in [0.05, 0.1) is 0 Å². The van der Waals surface area contributed by atoms with Gasteiger partial charge in [-0.1, -0.05) is 44.2 Å². The van der Waals surface area contributed by atoms with Crippen LogP contribution in [0.3, 0.4) is 0 Å². The summed E-state index contributed by atoms with van der Waals surface area (Å²) in [6.45, 7) is 4.16. The second-order valence-electron chi connectivity index (χ2n) is 5.15. The molecule has 0 radical (unpaired) electrons. The van der Waals surface area contributed by atoms with Gasteiger partial charge in [-0.25, -0.2) is 4.72 Å². The molecule has 1 aromatic rings. The third-order valence-electron chi connectivity index (χ3n) is 3.06. The lowest BCUT2D eigenvalue weighted by molar-refractivity contribution is -0.121. The van der Waals surface area contributed by atoms with Crippen molar-refractivity contribution in [3.05, 3.63) is 35.9 Å². The highest BCUT2D eigenvalue weighted by molar-refractivity contribution is 7.88. The van der Waals surface area contributed by atoms with E-state index in [1.807, 2.05) is 44.2 Å². The zero-order valence-corrected chi connectivity index (χ0v) is 11.9. The molecular formula is C13H18N2O3S. The zero-order valence-electron chi connectivity index (χ0n) is 11.0. The Labute approximate surface area is 113 Å². The summed E-state index contributed by atoms with van der Waals surface area (Å²) < 4.78 is 27.3. The van der Waals surface area contributed by atoms with Gasteiger partial charge < -0.3 is 0 Å². The van der Waals surface area contributed by atoms with E-state index in [9.17, 15) is 13.2 Å². The Morgan fingerprint density at radius 2 is 1.89 bits per heavy atom. The predicted molar refractivity (Wildman–Crippen MR) is 72.3 cm³/mol. The number of hydrogen-bond donors (Lipinski definition) is 1. The highest BCUT2D eigenvalue weighted by Gasteiger charge is 2.43. The van der Waals surface area contributed by atoms with Crippen molar-refractivity contribution in [3.63, 3.8) is 0 Å². The van der Waals surface area contributed by atoms with Crippen molar-refractivity contribution >= 4 is 16.1 Å². The number of nitrogens with zero attached hydrogens (tertiary/aromatic N) is 1. The Morgan fingerprint density at radius 3 is 2.47 bits per heavy atom. The smallest absolute Gasteiger partial charge is 0.272 e. The Balaban J connectivity index is 2.25. The number of hydrogen-bond acceptors (Lipinski definition) is 3. The van der Waals surface area contributed by atoms with Gasteiger partial charge >= 0.3 is 10.2 Å². The summed E-state index contributed by atoms with van der Waals surface area (Å²) in [5.41, 5.74) is 0.872. The normalized spacial score (nSPS) is 22.7. The molecular weight excluding hydrogens is 264 g/mol. The molecule has 1 N–H and O–H groups in total. The van der Waals surface area contributed by atoms with Crippen LogP contribution in [-0.4, -0.2) is 24.7 Å². The molecule has 0 aromatic heterocycles. The van der Waals surface area contributed by atoms with Crippen LogP contribution in [0.25, 0.3) is 0 Å². The molecule has 1 aliphatic heterocycles. The van der Waals surface area contributed by atoms with Crippen LogP contribution in [0.5, 0.6) is 0 Å². The zero-order chi connectivity index (χ0) is 14.0. The summed E-state index contributed by atoms with van der Waals surface area (Å²) in [5, 5.41) is 0. The van der Waals surface area contributed by atoms with Crippen molar-refractivity contribution < 1.29 is 13.2 Å². The maximum absolute atomic E-state index is 12.0. The number of nitrogens with one attached hydrogen (secondary N) is 1. The molecule has 1 aliphatic rings. The van der Waals surface area contributed by atoms with E-state index in [1.54, 1.807) is 0 Å². The molecule has 104 valence electrons. The van der Waals surface area contributed by atoms with Gasteiger partial charge in [0.2, 0.25) is 0 Å². The fourth-order valence-electron chi connectivity index (χ4n) is 2.18. The largest absolute Gasteiger partial charge is 0.304 e. The van der Waals surface area contributed by atoms with Crippen LogP contribution in [0.2, 0.25) is 0 Å². The van der Waals surface area contributed by atoms with Crippen molar-refractivity contribution in [3.8, 4) is 0 Å². The molecule has 1 aromatic carbocycles. The molecule has 1 unspecified atom stereocenters. The molecule has 0 aliphatic carbocycles. The summed E-state index contributed by atoms with van der Waals surface area (Å²) in [7, 11) is -3.70. The first-order chi connectivity index (χ1) is 8.90. The fraction of sp³-hybridized carbons (Fsp3) is 0.462. The average Bonchev–Trinajstić information content (AvgIpc) is 2.52. The summed E-state index contributed by atoms with van der Waals surface area (Å²) in [6, 6.07) is 8.67. The van der Waals surface area contributed by atoms with Crippen LogP contribution in [0.4, 0.5) is 0 Å². The lowest BCUT2D eigenvalue weighted by Gasteiger charge is -2.21. The van der Waals surface area contributed by atoms with E-state index in [0.717, 1.165) is 5.56 Å². The molecule has 5 nitrogen and oxygen atoms in total. The molecule has 2 rings (SSSR count). The molecule has 1 heterocycles. The van der Waals surface area contributed by atoms with Crippen LogP contribution < -0.4 is 4.72 Å². The Bertz CT molecular complexity index is 555. The molecule has 6 heteroatoms. The van der Waals surface area contributed by atoms with E-state index in [-0.39, 0.29) is 12.5 Å². The van der Waals surface area contributed by atoms with Gasteiger partial charge in [0, 0.05) is 6.54 Å². The number of rotatable bonds is 4. The van der Waals surface area contributed by atoms with E-state index in [1.165, 1.54) is 4.31 Å². The van der Waals surface area contributed by atoms with Crippen molar-refractivity contribution in [2.45, 2.75) is 32.9 Å². The molecule has 0 spiro atoms. The second-order valence-corrected chi connectivity index (χ2v) is 6.77. The first-order valence-electron chi connectivity index (χ1n) is 6.27. The van der Waals surface area contributed by atoms with Gasteiger partial charge in [0.1, 0.15) is 6.04 Å². The van der Waals surface area contributed by atoms with Crippen LogP contribution in [0.15, 0.2) is 30.3 Å². The quantitative estimate of drug-likeness (QED) is 0.904. The SMILES string of the molecule is CC(C)CC1C(=O)NS(=O)(=O)N1Cc1ccccc1. The van der Waals surface area contributed by atoms with E-state index >= 15 is 0 Å². The number of carbonyl (C=O) groups is 1. The maximum Gasteiger partial charge on any atom is 0.304 e. The summed E-state index contributed by atoms with van der Waals surface area (Å²) in [5.74, 6) is -0.174. The topological polar surface area (TPSA) is 66.5 Å². The standard InChI is InChI=1S/C13H18N2O3S/c1-10(2)8-12-13(16)14-19(17,18)15(12)9-11-6-4-3-5-7-11/h3-7,10,12H,8-9H2,1-2H3,(H,14,16). The fourth-order valence-corrected chi connectivity index (χ4v) is 3.53. The van der Waals surface area contributed by atoms with E-state index in [0.29, 0.717) is 6.42 Å². The van der Waals surface area contributed by atoms with E-state index in [4.69, 9.17) is 0 Å². The minimum atomic E-state index is -3.70. The third-order valence-corrected chi connectivity index (χ3v) is 4.52. The van der Waals surface area contributed by atoms with Gasteiger partial charge in [0.25, 0.3) is 5.91 Å². The summed E-state index contributed by atoms with van der Waals surface area (Å²) in [6.07, 6.45) is 0.526. The van der Waals surface area contributed by atoms with Gasteiger partial charge in [0.15, 0.2) is 0 Å². The van der Waals surface area contributed by atoms with E-state index in [2.05, 4.69) is 4.72 Å². The van der Waals surface area contributed by atoms with Crippen LogP contribution in [-0.2, 0) is 21.5 Å². The van der Waals surface area contributed by atoms with Crippen LogP contribution in [0.1, 0.15) is 25.8 Å². The first kappa shape index (κ1) is 14.0. The molecule has 0 bridgehead atoms. The average molecular weight is 282 g/mol. The summed E-state index contributed by atoms with van der Waals surface area (Å²) in [4.78, 5) is 11.8. The number of amides is 1. The molecule has 1 atom stereocenters. The molecule has 1 fully saturated rings. The Kier molecular flexibility index (Phi) is 3.91. The van der Waals surface area contributed by atoms with Crippen LogP contribution >= 0.6 is 0 Å². The second kappa shape index (κ2) is 5.30. The molecule has 19 heavy (non-hydrogen) atoms. The Morgan fingerprint density at radius 1 is 1.26 bits per heavy atom. The minimum absolute atomic E-state index is 0.222.